The van der Waals surface area contributed by atoms with Crippen LogP contribution in [0.2, 0.25) is 0 Å². The van der Waals surface area contributed by atoms with Gasteiger partial charge < -0.3 is 15.0 Å². The highest BCUT2D eigenvalue weighted by molar-refractivity contribution is 5.75. The smallest absolute Gasteiger partial charge is 0.126 e. The maximum Gasteiger partial charge on any atom is 0.126 e. The van der Waals surface area contributed by atoms with E-state index in [1.165, 1.54) is 0 Å². The number of hydrogen-bond acceptors (Lipinski definition) is 3. The number of aliphatic hydroxyl groups excluding tert-OH is 1. The number of fused-ring (bicyclic) bond motifs is 1. The average Bonchev–Trinajstić information content (AvgIpc) is 2.74. The molecule has 0 radical (unpaired) electrons. The summed E-state index contributed by atoms with van der Waals surface area (Å²) in [6, 6.07) is 8.37. The minimum atomic E-state index is 0.125. The lowest BCUT2D eigenvalue weighted by molar-refractivity contribution is 0.228. The lowest BCUT2D eigenvalue weighted by atomic mass is 10.2. The van der Waals surface area contributed by atoms with Gasteiger partial charge >= 0.3 is 0 Å². The molecule has 4 nitrogen and oxygen atoms in total. The van der Waals surface area contributed by atoms with Crippen LogP contribution in [0.15, 0.2) is 24.3 Å². The first-order valence-electron chi connectivity index (χ1n) is 6.45. The third-order valence-corrected chi connectivity index (χ3v) is 3.41. The van der Waals surface area contributed by atoms with Crippen molar-refractivity contribution in [2.45, 2.75) is 32.4 Å². The summed E-state index contributed by atoms with van der Waals surface area (Å²) in [4.78, 5) is 4.65. The molecule has 2 atom stereocenters. The largest absolute Gasteiger partial charge is 0.395 e. The van der Waals surface area contributed by atoms with Crippen LogP contribution in [-0.2, 0) is 7.05 Å². The molecule has 18 heavy (non-hydrogen) atoms. The number of nitrogens with one attached hydrogen (secondary N) is 1. The molecule has 1 aromatic carbocycles. The Bertz CT molecular complexity index is 517. The van der Waals surface area contributed by atoms with E-state index < -0.39 is 0 Å². The summed E-state index contributed by atoms with van der Waals surface area (Å²) in [5, 5.41) is 12.6. The highest BCUT2D eigenvalue weighted by Gasteiger charge is 2.16. The van der Waals surface area contributed by atoms with Gasteiger partial charge in [0.15, 0.2) is 0 Å². The SMILES string of the molecule is CCC(CO)NC(C)c1nc2ccccc2n1C. The predicted octanol–water partition coefficient (Wildman–Crippen LogP) is 1.99. The number of rotatable bonds is 5. The van der Waals surface area contributed by atoms with Crippen LogP contribution in [-0.4, -0.2) is 27.3 Å². The maximum atomic E-state index is 9.24. The van der Waals surface area contributed by atoms with Crippen molar-refractivity contribution in [2.24, 2.45) is 7.05 Å². The fraction of sp³-hybridized carbons (Fsp3) is 0.500. The average molecular weight is 247 g/mol. The maximum absolute atomic E-state index is 9.24. The molecule has 0 amide bonds. The van der Waals surface area contributed by atoms with Gasteiger partial charge in [-0.15, -0.1) is 0 Å². The van der Waals surface area contributed by atoms with E-state index in [2.05, 4.69) is 34.8 Å². The lowest BCUT2D eigenvalue weighted by Gasteiger charge is -2.20. The van der Waals surface area contributed by atoms with E-state index in [1.807, 2.05) is 25.2 Å². The fourth-order valence-electron chi connectivity index (χ4n) is 2.28. The zero-order chi connectivity index (χ0) is 13.1. The summed E-state index contributed by atoms with van der Waals surface area (Å²) >= 11 is 0. The van der Waals surface area contributed by atoms with Crippen molar-refractivity contribution in [2.75, 3.05) is 6.61 Å². The predicted molar refractivity (Wildman–Crippen MR) is 73.4 cm³/mol. The van der Waals surface area contributed by atoms with Gasteiger partial charge in [0.1, 0.15) is 5.82 Å². The van der Waals surface area contributed by atoms with Gasteiger partial charge in [-0.2, -0.15) is 0 Å². The summed E-state index contributed by atoms with van der Waals surface area (Å²) in [7, 11) is 2.03. The molecule has 0 spiro atoms. The number of aryl methyl sites for hydroxylation is 1. The molecule has 1 heterocycles. The zero-order valence-electron chi connectivity index (χ0n) is 11.2. The molecular formula is C14H21N3O. The molecule has 4 heteroatoms. The first-order chi connectivity index (χ1) is 8.67. The second kappa shape index (κ2) is 5.50. The van der Waals surface area contributed by atoms with Crippen molar-refractivity contribution < 1.29 is 5.11 Å². The Kier molecular flexibility index (Phi) is 3.99. The van der Waals surface area contributed by atoms with Gasteiger partial charge in [0.2, 0.25) is 0 Å². The van der Waals surface area contributed by atoms with Crippen molar-refractivity contribution >= 4 is 11.0 Å². The molecular weight excluding hydrogens is 226 g/mol. The van der Waals surface area contributed by atoms with Gasteiger partial charge in [0.25, 0.3) is 0 Å². The molecule has 0 fully saturated rings. The van der Waals surface area contributed by atoms with E-state index in [0.29, 0.717) is 0 Å². The van der Waals surface area contributed by atoms with Crippen molar-refractivity contribution in [3.8, 4) is 0 Å². The second-order valence-electron chi connectivity index (χ2n) is 4.69. The molecule has 98 valence electrons. The van der Waals surface area contributed by atoms with E-state index in [4.69, 9.17) is 0 Å². The van der Waals surface area contributed by atoms with Gasteiger partial charge in [0, 0.05) is 13.1 Å². The minimum absolute atomic E-state index is 0.125. The van der Waals surface area contributed by atoms with Crippen LogP contribution < -0.4 is 5.32 Å². The monoisotopic (exact) mass is 247 g/mol. The Balaban J connectivity index is 2.27. The molecule has 2 N–H and O–H groups in total. The summed E-state index contributed by atoms with van der Waals surface area (Å²) in [5.41, 5.74) is 2.15. The van der Waals surface area contributed by atoms with Gasteiger partial charge in [-0.1, -0.05) is 19.1 Å². The number of benzene rings is 1. The number of aliphatic hydroxyl groups is 1. The molecule has 0 bridgehead atoms. The van der Waals surface area contributed by atoms with Crippen molar-refractivity contribution in [3.05, 3.63) is 30.1 Å². The summed E-state index contributed by atoms with van der Waals surface area (Å²) < 4.78 is 2.11. The van der Waals surface area contributed by atoms with Crippen molar-refractivity contribution in [1.82, 2.24) is 14.9 Å². The topological polar surface area (TPSA) is 50.1 Å². The van der Waals surface area contributed by atoms with Crippen LogP contribution in [0, 0.1) is 0 Å². The van der Waals surface area contributed by atoms with Crippen LogP contribution in [0.25, 0.3) is 11.0 Å². The Morgan fingerprint density at radius 2 is 2.11 bits per heavy atom. The standard InChI is InChI=1S/C14H21N3O/c1-4-11(9-18)15-10(2)14-16-12-7-5-6-8-13(12)17(14)3/h5-8,10-11,15,18H,4,9H2,1-3H3. The molecule has 2 unspecified atom stereocenters. The lowest BCUT2D eigenvalue weighted by Crippen LogP contribution is -2.34. The van der Waals surface area contributed by atoms with Crippen LogP contribution in [0.1, 0.15) is 32.1 Å². The van der Waals surface area contributed by atoms with Crippen molar-refractivity contribution in [3.63, 3.8) is 0 Å². The number of imidazole rings is 1. The Labute approximate surface area is 108 Å². The summed E-state index contributed by atoms with van der Waals surface area (Å²) in [6.07, 6.45) is 0.908. The number of aromatic nitrogens is 2. The van der Waals surface area contributed by atoms with Crippen LogP contribution in [0.4, 0.5) is 0 Å². The van der Waals surface area contributed by atoms with Gasteiger partial charge in [-0.3, -0.25) is 0 Å². The Morgan fingerprint density at radius 3 is 2.72 bits per heavy atom. The van der Waals surface area contributed by atoms with Gasteiger partial charge in [0.05, 0.1) is 23.7 Å². The molecule has 0 saturated carbocycles. The zero-order valence-corrected chi connectivity index (χ0v) is 11.2. The molecule has 0 aliphatic carbocycles. The Hall–Kier alpha value is -1.39. The highest BCUT2D eigenvalue weighted by Crippen LogP contribution is 2.19. The van der Waals surface area contributed by atoms with E-state index in [1.54, 1.807) is 0 Å². The van der Waals surface area contributed by atoms with Crippen molar-refractivity contribution in [1.29, 1.82) is 0 Å². The Morgan fingerprint density at radius 1 is 1.39 bits per heavy atom. The summed E-state index contributed by atoms with van der Waals surface area (Å²) in [6.45, 7) is 4.31. The molecule has 0 saturated heterocycles. The highest BCUT2D eigenvalue weighted by atomic mass is 16.3. The molecule has 2 rings (SSSR count). The van der Waals surface area contributed by atoms with Gasteiger partial charge in [-0.05, 0) is 25.5 Å². The third-order valence-electron chi connectivity index (χ3n) is 3.41. The normalized spacial score (nSPS) is 14.9. The first-order valence-corrected chi connectivity index (χ1v) is 6.45. The van der Waals surface area contributed by atoms with Gasteiger partial charge in [-0.25, -0.2) is 4.98 Å². The second-order valence-corrected chi connectivity index (χ2v) is 4.69. The number of nitrogens with zero attached hydrogens (tertiary/aromatic N) is 2. The van der Waals surface area contributed by atoms with Crippen LogP contribution in [0.3, 0.4) is 0 Å². The van der Waals surface area contributed by atoms with E-state index in [0.717, 1.165) is 23.3 Å². The van der Waals surface area contributed by atoms with E-state index in [-0.39, 0.29) is 18.7 Å². The third kappa shape index (κ3) is 2.40. The molecule has 0 aliphatic heterocycles. The van der Waals surface area contributed by atoms with Crippen LogP contribution >= 0.6 is 0 Å². The quantitative estimate of drug-likeness (QED) is 0.849. The van der Waals surface area contributed by atoms with Crippen LogP contribution in [0.5, 0.6) is 0 Å². The molecule has 2 aromatic rings. The number of para-hydroxylation sites is 2. The molecule has 0 aliphatic rings. The van der Waals surface area contributed by atoms with E-state index in [9.17, 15) is 5.11 Å². The minimum Gasteiger partial charge on any atom is -0.395 e. The fourth-order valence-corrected chi connectivity index (χ4v) is 2.28. The van der Waals surface area contributed by atoms with E-state index >= 15 is 0 Å². The summed E-state index contributed by atoms with van der Waals surface area (Å²) in [5.74, 6) is 1.00. The first kappa shape index (κ1) is 13.1. The number of hydrogen-bond donors (Lipinski definition) is 2. The molecule has 1 aromatic heterocycles.